The maximum atomic E-state index is 12.0. The van der Waals surface area contributed by atoms with Gasteiger partial charge in [0.1, 0.15) is 10.6 Å². The highest BCUT2D eigenvalue weighted by molar-refractivity contribution is 7.89. The molecule has 108 valence electrons. The van der Waals surface area contributed by atoms with Crippen LogP contribution in [0.5, 0.6) is 0 Å². The monoisotopic (exact) mass is 306 g/mol. The largest absolute Gasteiger partial charge is 0.394 e. The summed E-state index contributed by atoms with van der Waals surface area (Å²) in [6.07, 6.45) is 0.613. The number of aliphatic hydroxyl groups excluding tert-OH is 1. The van der Waals surface area contributed by atoms with Crippen LogP contribution in [0.15, 0.2) is 22.9 Å². The Morgan fingerprint density at radius 1 is 1.68 bits per heavy atom. The number of nitrogens with one attached hydrogen (secondary N) is 2. The van der Waals surface area contributed by atoms with Crippen molar-refractivity contribution >= 4 is 27.7 Å². The topological polar surface area (TPSA) is 89.3 Å². The Morgan fingerprint density at radius 3 is 2.79 bits per heavy atom. The standard InChI is InChI=1S/C12H20ClN3O2S/c1-7(2)10(6-17)15-8(3)11-9(16-12(13)14)4-5-19(11)18/h7,10,15,17H,3-6H2,1-2H3,(H2,14,16)/p+1. The van der Waals surface area contributed by atoms with E-state index in [-0.39, 0.29) is 23.9 Å². The number of hydrogen-bond donors (Lipinski definition) is 4. The van der Waals surface area contributed by atoms with E-state index in [1.807, 2.05) is 13.8 Å². The summed E-state index contributed by atoms with van der Waals surface area (Å²) in [4.78, 5) is 3.41. The molecule has 0 saturated heterocycles. The minimum atomic E-state index is -1.12. The molecule has 0 fully saturated rings. The van der Waals surface area contributed by atoms with Crippen LogP contribution in [-0.4, -0.2) is 33.0 Å². The van der Waals surface area contributed by atoms with Crippen LogP contribution in [0, 0.1) is 5.92 Å². The molecule has 2 atom stereocenters. The molecule has 19 heavy (non-hydrogen) atoms. The molecule has 0 aromatic heterocycles. The minimum Gasteiger partial charge on any atom is -0.394 e. The molecule has 0 spiro atoms. The lowest BCUT2D eigenvalue weighted by atomic mass is 10.1. The molecule has 0 aliphatic carbocycles. The van der Waals surface area contributed by atoms with Crippen LogP contribution in [0.4, 0.5) is 0 Å². The van der Waals surface area contributed by atoms with Gasteiger partial charge in [-0.2, -0.15) is 0 Å². The lowest BCUT2D eigenvalue weighted by molar-refractivity contribution is -0.398. The molecule has 0 radical (unpaired) electrons. The molecule has 0 saturated carbocycles. The summed E-state index contributed by atoms with van der Waals surface area (Å²) in [5, 5.41) is 12.5. The van der Waals surface area contributed by atoms with Gasteiger partial charge in [0, 0.05) is 29.5 Å². The predicted molar refractivity (Wildman–Crippen MR) is 78.7 cm³/mol. The van der Waals surface area contributed by atoms with Gasteiger partial charge in [-0.05, 0) is 5.92 Å². The van der Waals surface area contributed by atoms with Crippen LogP contribution < -0.4 is 16.0 Å². The third-order valence-electron chi connectivity index (χ3n) is 2.94. The highest BCUT2D eigenvalue weighted by Crippen LogP contribution is 2.23. The van der Waals surface area contributed by atoms with E-state index >= 15 is 0 Å². The zero-order chi connectivity index (χ0) is 14.6. The highest BCUT2D eigenvalue weighted by Gasteiger charge is 2.27. The fourth-order valence-corrected chi connectivity index (χ4v) is 3.31. The molecule has 0 aromatic rings. The SMILES string of the molecule is C=C(NC(CO)C(C)C)C1=C([NH+]=C(N)Cl)CCS1=O. The first kappa shape index (κ1) is 16.2. The van der Waals surface area contributed by atoms with Gasteiger partial charge in [0.25, 0.3) is 0 Å². The number of rotatable bonds is 6. The van der Waals surface area contributed by atoms with Gasteiger partial charge in [0.05, 0.1) is 23.4 Å². The van der Waals surface area contributed by atoms with Gasteiger partial charge in [-0.25, -0.2) is 4.99 Å². The molecule has 5 N–H and O–H groups in total. The first-order chi connectivity index (χ1) is 8.86. The average Bonchev–Trinajstić information content (AvgIpc) is 2.65. The summed E-state index contributed by atoms with van der Waals surface area (Å²) >= 11 is 5.62. The molecule has 1 heterocycles. The van der Waals surface area contributed by atoms with E-state index in [9.17, 15) is 9.32 Å². The smallest absolute Gasteiger partial charge is 0.343 e. The number of aliphatic hydroxyl groups is 1. The Labute approximate surface area is 121 Å². The van der Waals surface area contributed by atoms with Crippen molar-refractivity contribution in [3.05, 3.63) is 22.9 Å². The van der Waals surface area contributed by atoms with Crippen LogP contribution in [-0.2, 0) is 10.8 Å². The number of allylic oxidation sites excluding steroid dienone is 1. The van der Waals surface area contributed by atoms with E-state index in [1.165, 1.54) is 0 Å². The Morgan fingerprint density at radius 2 is 2.32 bits per heavy atom. The van der Waals surface area contributed by atoms with Gasteiger partial charge >= 0.3 is 5.29 Å². The van der Waals surface area contributed by atoms with Crippen molar-refractivity contribution in [1.29, 1.82) is 0 Å². The maximum absolute atomic E-state index is 12.0. The minimum absolute atomic E-state index is 0.0108. The second-order valence-electron chi connectivity index (χ2n) is 4.74. The summed E-state index contributed by atoms with van der Waals surface area (Å²) in [5.41, 5.74) is 6.67. The molecular weight excluding hydrogens is 286 g/mol. The summed E-state index contributed by atoms with van der Waals surface area (Å²) in [5.74, 6) is 0.756. The third-order valence-corrected chi connectivity index (χ3v) is 4.56. The van der Waals surface area contributed by atoms with Gasteiger partial charge in [-0.15, -0.1) is 0 Å². The van der Waals surface area contributed by atoms with Crippen molar-refractivity contribution < 1.29 is 14.3 Å². The second kappa shape index (κ2) is 7.07. The number of amidine groups is 1. The Hall–Kier alpha value is -0.850. The predicted octanol–water partition coefficient (Wildman–Crippen LogP) is -0.895. The Kier molecular flexibility index (Phi) is 6.03. The zero-order valence-corrected chi connectivity index (χ0v) is 12.8. The second-order valence-corrected chi connectivity index (χ2v) is 6.65. The summed E-state index contributed by atoms with van der Waals surface area (Å²) in [6, 6.07) is -0.129. The fraction of sp³-hybridized carbons (Fsp3) is 0.583. The van der Waals surface area contributed by atoms with Crippen LogP contribution in [0.25, 0.3) is 0 Å². The molecule has 1 rings (SSSR count). The van der Waals surface area contributed by atoms with Gasteiger partial charge in [-0.1, -0.05) is 20.4 Å². The summed E-state index contributed by atoms with van der Waals surface area (Å²) in [7, 11) is -1.12. The van der Waals surface area contributed by atoms with Gasteiger partial charge in [0.15, 0.2) is 0 Å². The molecule has 7 heteroatoms. The zero-order valence-electron chi connectivity index (χ0n) is 11.2. The molecule has 1 aliphatic rings. The van der Waals surface area contributed by atoms with Crippen molar-refractivity contribution in [3.8, 4) is 0 Å². The molecule has 2 unspecified atom stereocenters. The van der Waals surface area contributed by atoms with Crippen molar-refractivity contribution in [3.63, 3.8) is 0 Å². The van der Waals surface area contributed by atoms with E-state index in [1.54, 1.807) is 0 Å². The van der Waals surface area contributed by atoms with E-state index in [2.05, 4.69) is 16.9 Å². The fourth-order valence-electron chi connectivity index (χ4n) is 1.84. The number of halogens is 1. The molecule has 0 bridgehead atoms. The van der Waals surface area contributed by atoms with Crippen molar-refractivity contribution in [1.82, 2.24) is 5.32 Å². The van der Waals surface area contributed by atoms with Gasteiger partial charge in [0.2, 0.25) is 0 Å². The number of hydrogen-bond acceptors (Lipinski definition) is 3. The van der Waals surface area contributed by atoms with Gasteiger partial charge < -0.3 is 10.4 Å². The lowest BCUT2D eigenvalue weighted by Crippen LogP contribution is -2.72. The molecule has 5 nitrogen and oxygen atoms in total. The van der Waals surface area contributed by atoms with E-state index in [4.69, 9.17) is 17.3 Å². The highest BCUT2D eigenvalue weighted by atomic mass is 35.5. The molecule has 1 aliphatic heterocycles. The molecule has 0 amide bonds. The number of nitrogens with two attached hydrogens (primary N) is 1. The van der Waals surface area contributed by atoms with E-state index in [0.29, 0.717) is 22.8 Å². The lowest BCUT2D eigenvalue weighted by Gasteiger charge is -2.22. The third kappa shape index (κ3) is 4.33. The van der Waals surface area contributed by atoms with Crippen molar-refractivity contribution in [2.24, 2.45) is 11.7 Å². The van der Waals surface area contributed by atoms with Crippen LogP contribution >= 0.6 is 11.6 Å². The summed E-state index contributed by atoms with van der Waals surface area (Å²) < 4.78 is 12.0. The Balaban J connectivity index is 2.95. The van der Waals surface area contributed by atoms with Crippen molar-refractivity contribution in [2.45, 2.75) is 26.3 Å². The van der Waals surface area contributed by atoms with Crippen LogP contribution in [0.2, 0.25) is 0 Å². The quantitative estimate of drug-likeness (QED) is 0.291. The van der Waals surface area contributed by atoms with Crippen molar-refractivity contribution in [2.75, 3.05) is 12.4 Å². The van der Waals surface area contributed by atoms with Crippen LogP contribution in [0.3, 0.4) is 0 Å². The van der Waals surface area contributed by atoms with Gasteiger partial charge in [-0.3, -0.25) is 9.94 Å². The maximum Gasteiger partial charge on any atom is 0.343 e. The molecular formula is C12H21ClN3O2S+. The van der Waals surface area contributed by atoms with Crippen LogP contribution in [0.1, 0.15) is 20.3 Å². The molecule has 0 aromatic carbocycles. The average molecular weight is 307 g/mol. The summed E-state index contributed by atoms with van der Waals surface area (Å²) in [6.45, 7) is 7.88. The Bertz CT molecular complexity index is 442. The van der Waals surface area contributed by atoms with E-state index < -0.39 is 10.8 Å². The first-order valence-corrected chi connectivity index (χ1v) is 7.79. The van der Waals surface area contributed by atoms with E-state index in [0.717, 1.165) is 5.70 Å². The first-order valence-electron chi connectivity index (χ1n) is 6.10. The normalized spacial score (nSPS) is 21.9.